The van der Waals surface area contributed by atoms with Crippen LogP contribution in [0, 0.1) is 0 Å². The van der Waals surface area contributed by atoms with Gasteiger partial charge >= 0.3 is 0 Å². The predicted octanol–water partition coefficient (Wildman–Crippen LogP) is 1.96. The van der Waals surface area contributed by atoms with E-state index >= 15 is 0 Å². The highest BCUT2D eigenvalue weighted by atomic mass is 16.3. The molecule has 5 aromatic rings. The van der Waals surface area contributed by atoms with Crippen LogP contribution in [0.5, 0.6) is 0 Å². The minimum atomic E-state index is -1.07. The second kappa shape index (κ2) is 8.72. The van der Waals surface area contributed by atoms with Crippen molar-refractivity contribution >= 4 is 22.5 Å². The maximum Gasteiger partial charge on any atom is 0.277 e. The van der Waals surface area contributed by atoms with Crippen molar-refractivity contribution in [2.24, 2.45) is 0 Å². The third-order valence-electron chi connectivity index (χ3n) is 6.92. The van der Waals surface area contributed by atoms with E-state index in [1.165, 1.54) is 15.4 Å². The quantitative estimate of drug-likeness (QED) is 0.409. The number of benzene rings is 2. The summed E-state index contributed by atoms with van der Waals surface area (Å²) in [5.74, 6) is -0.0664. The lowest BCUT2D eigenvalue weighted by molar-refractivity contribution is -0.0300. The van der Waals surface area contributed by atoms with E-state index in [1.54, 1.807) is 23.2 Å². The molecule has 36 heavy (non-hydrogen) atoms. The van der Waals surface area contributed by atoms with Crippen LogP contribution in [-0.4, -0.2) is 63.8 Å². The Morgan fingerprint density at radius 3 is 2.53 bits per heavy atom. The number of amides is 1. The molecule has 0 bridgehead atoms. The van der Waals surface area contributed by atoms with Crippen molar-refractivity contribution in [1.82, 2.24) is 34.1 Å². The number of rotatable bonds is 5. The van der Waals surface area contributed by atoms with E-state index in [0.29, 0.717) is 43.6 Å². The second-order valence-corrected chi connectivity index (χ2v) is 9.35. The molecule has 10 nitrogen and oxygen atoms in total. The standard InChI is InChI=1S/C26H25N7O3/c34-24(20-9-7-19(8-10-20)16-33-22-5-2-1-4-21(22)28-29-33)30-14-11-26(36,12-15-30)17-31-18-27-32-13-3-6-23(32)25(31)35/h1-10,13,18,36H,11-12,14-17H2. The molecule has 182 valence electrons. The summed E-state index contributed by atoms with van der Waals surface area (Å²) in [6, 6.07) is 18.8. The van der Waals surface area contributed by atoms with Crippen LogP contribution in [0.15, 0.2) is 78.0 Å². The van der Waals surface area contributed by atoms with Gasteiger partial charge in [-0.15, -0.1) is 5.10 Å². The molecule has 1 N–H and O–H groups in total. The number of aromatic nitrogens is 6. The van der Waals surface area contributed by atoms with Gasteiger partial charge in [0.2, 0.25) is 0 Å². The molecular weight excluding hydrogens is 458 g/mol. The topological polar surface area (TPSA) is 111 Å². The molecule has 1 aliphatic rings. The van der Waals surface area contributed by atoms with Gasteiger partial charge in [-0.25, -0.2) is 9.20 Å². The minimum Gasteiger partial charge on any atom is -0.388 e. The summed E-state index contributed by atoms with van der Waals surface area (Å²) in [7, 11) is 0. The predicted molar refractivity (Wildman–Crippen MR) is 133 cm³/mol. The fraction of sp³-hybridized carbons (Fsp3) is 0.269. The van der Waals surface area contributed by atoms with Crippen LogP contribution in [-0.2, 0) is 13.1 Å². The van der Waals surface area contributed by atoms with Gasteiger partial charge in [0.25, 0.3) is 11.5 Å². The van der Waals surface area contributed by atoms with Gasteiger partial charge in [0.05, 0.1) is 24.2 Å². The van der Waals surface area contributed by atoms with E-state index in [0.717, 1.165) is 16.6 Å². The molecule has 3 aromatic heterocycles. The number of carbonyl (C=O) groups is 1. The maximum absolute atomic E-state index is 13.1. The average Bonchev–Trinajstić information content (AvgIpc) is 3.54. The van der Waals surface area contributed by atoms with Crippen molar-refractivity contribution in [3.8, 4) is 0 Å². The van der Waals surface area contributed by atoms with Crippen LogP contribution in [0.1, 0.15) is 28.8 Å². The average molecular weight is 484 g/mol. The molecule has 0 saturated carbocycles. The maximum atomic E-state index is 13.1. The van der Waals surface area contributed by atoms with Crippen molar-refractivity contribution in [2.75, 3.05) is 13.1 Å². The van der Waals surface area contributed by atoms with Crippen LogP contribution >= 0.6 is 0 Å². The number of para-hydroxylation sites is 1. The lowest BCUT2D eigenvalue weighted by atomic mass is 9.91. The van der Waals surface area contributed by atoms with Crippen LogP contribution in [0.25, 0.3) is 16.6 Å². The Bertz CT molecular complexity index is 1610. The summed E-state index contributed by atoms with van der Waals surface area (Å²) < 4.78 is 4.81. The lowest BCUT2D eigenvalue weighted by Gasteiger charge is -2.38. The van der Waals surface area contributed by atoms with E-state index < -0.39 is 5.60 Å². The van der Waals surface area contributed by atoms with E-state index in [2.05, 4.69) is 15.4 Å². The van der Waals surface area contributed by atoms with Gasteiger partial charge in [-0.1, -0.05) is 29.5 Å². The molecule has 0 aliphatic carbocycles. The largest absolute Gasteiger partial charge is 0.388 e. The first-order chi connectivity index (χ1) is 17.5. The van der Waals surface area contributed by atoms with Crippen molar-refractivity contribution in [3.63, 3.8) is 0 Å². The fourth-order valence-electron chi connectivity index (χ4n) is 4.82. The van der Waals surface area contributed by atoms with E-state index in [1.807, 2.05) is 53.2 Å². The number of aliphatic hydroxyl groups is 1. The number of piperidine rings is 1. The van der Waals surface area contributed by atoms with Crippen molar-refractivity contribution < 1.29 is 9.90 Å². The lowest BCUT2D eigenvalue weighted by Crippen LogP contribution is -2.49. The first-order valence-corrected chi connectivity index (χ1v) is 11.9. The summed E-state index contributed by atoms with van der Waals surface area (Å²) >= 11 is 0. The molecule has 1 saturated heterocycles. The highest BCUT2D eigenvalue weighted by Crippen LogP contribution is 2.25. The summed E-state index contributed by atoms with van der Waals surface area (Å²) in [6.07, 6.45) is 3.93. The molecule has 0 atom stereocenters. The molecule has 0 spiro atoms. The molecule has 2 aromatic carbocycles. The summed E-state index contributed by atoms with van der Waals surface area (Å²) in [5, 5.41) is 23.8. The van der Waals surface area contributed by atoms with E-state index in [9.17, 15) is 14.7 Å². The Morgan fingerprint density at radius 1 is 0.972 bits per heavy atom. The Labute approximate surface area is 206 Å². The van der Waals surface area contributed by atoms with Crippen LogP contribution in [0.4, 0.5) is 0 Å². The van der Waals surface area contributed by atoms with Gasteiger partial charge in [0, 0.05) is 24.8 Å². The molecule has 1 amide bonds. The van der Waals surface area contributed by atoms with Crippen molar-refractivity contribution in [1.29, 1.82) is 0 Å². The highest BCUT2D eigenvalue weighted by molar-refractivity contribution is 5.94. The summed E-state index contributed by atoms with van der Waals surface area (Å²) in [5.41, 5.74) is 2.64. The summed E-state index contributed by atoms with van der Waals surface area (Å²) in [4.78, 5) is 27.5. The zero-order valence-corrected chi connectivity index (χ0v) is 19.6. The fourth-order valence-corrected chi connectivity index (χ4v) is 4.82. The molecule has 10 heteroatoms. The Hall–Kier alpha value is -4.31. The number of likely N-dealkylation sites (tertiary alicyclic amines) is 1. The molecule has 0 radical (unpaired) electrons. The molecule has 0 unspecified atom stereocenters. The molecule has 6 rings (SSSR count). The van der Waals surface area contributed by atoms with Gasteiger partial charge in [0.1, 0.15) is 17.4 Å². The van der Waals surface area contributed by atoms with Crippen molar-refractivity contribution in [2.45, 2.75) is 31.5 Å². The Kier molecular flexibility index (Phi) is 5.37. The molecule has 1 aliphatic heterocycles. The minimum absolute atomic E-state index is 0.0664. The number of hydrogen-bond acceptors (Lipinski definition) is 6. The smallest absolute Gasteiger partial charge is 0.277 e. The van der Waals surface area contributed by atoms with Crippen LogP contribution in [0.2, 0.25) is 0 Å². The third kappa shape index (κ3) is 4.05. The SMILES string of the molecule is O=C(c1ccc(Cn2nnc3ccccc32)cc1)N1CCC(O)(Cn2cnn3cccc3c2=O)CC1. The van der Waals surface area contributed by atoms with Gasteiger partial charge in [-0.2, -0.15) is 5.10 Å². The molecule has 1 fully saturated rings. The Morgan fingerprint density at radius 2 is 1.72 bits per heavy atom. The number of hydrogen-bond donors (Lipinski definition) is 1. The van der Waals surface area contributed by atoms with Gasteiger partial charge in [0.15, 0.2) is 0 Å². The zero-order chi connectivity index (χ0) is 24.7. The van der Waals surface area contributed by atoms with Crippen LogP contribution in [0.3, 0.4) is 0 Å². The highest BCUT2D eigenvalue weighted by Gasteiger charge is 2.35. The second-order valence-electron chi connectivity index (χ2n) is 9.35. The summed E-state index contributed by atoms with van der Waals surface area (Å²) in [6.45, 7) is 1.54. The van der Waals surface area contributed by atoms with Crippen molar-refractivity contribution in [3.05, 3.63) is 94.7 Å². The first-order valence-electron chi connectivity index (χ1n) is 11.9. The molecule has 4 heterocycles. The first kappa shape index (κ1) is 22.2. The van der Waals surface area contributed by atoms with Gasteiger partial charge < -0.3 is 10.0 Å². The number of nitrogens with zero attached hydrogens (tertiary/aromatic N) is 7. The van der Waals surface area contributed by atoms with Gasteiger partial charge in [-0.3, -0.25) is 14.2 Å². The van der Waals surface area contributed by atoms with Gasteiger partial charge in [-0.05, 0) is 54.8 Å². The normalized spacial score (nSPS) is 15.5. The Balaban J connectivity index is 1.10. The monoisotopic (exact) mass is 483 g/mol. The van der Waals surface area contributed by atoms with E-state index in [-0.39, 0.29) is 18.0 Å². The number of carbonyl (C=O) groups excluding carboxylic acids is 1. The third-order valence-corrected chi connectivity index (χ3v) is 6.92. The van der Waals surface area contributed by atoms with E-state index in [4.69, 9.17) is 0 Å². The molecular formula is C26H25N7O3. The number of fused-ring (bicyclic) bond motifs is 2. The zero-order valence-electron chi connectivity index (χ0n) is 19.6. The van der Waals surface area contributed by atoms with Crippen LogP contribution < -0.4 is 5.56 Å².